The summed E-state index contributed by atoms with van der Waals surface area (Å²) in [5.41, 5.74) is -0.121. The molecule has 0 unspecified atom stereocenters. The van der Waals surface area contributed by atoms with Gasteiger partial charge in [0, 0.05) is 18.1 Å². The Balaban J connectivity index is 1.92. The van der Waals surface area contributed by atoms with Crippen molar-refractivity contribution in [3.63, 3.8) is 0 Å². The number of nitrogens with one attached hydrogen (secondary N) is 1. The molecule has 1 aliphatic heterocycles. The van der Waals surface area contributed by atoms with Gasteiger partial charge in [-0.05, 0) is 36.4 Å². The second-order valence-corrected chi connectivity index (χ2v) is 8.33. The lowest BCUT2D eigenvalue weighted by molar-refractivity contribution is 0.0730. The maximum Gasteiger partial charge on any atom is 0.258 e. The molecule has 7 nitrogen and oxygen atoms in total. The number of benzene rings is 2. The second-order valence-electron chi connectivity index (χ2n) is 5.96. The molecule has 1 saturated heterocycles. The van der Waals surface area contributed by atoms with Crippen LogP contribution in [0.5, 0.6) is 5.75 Å². The minimum Gasteiger partial charge on any atom is -0.495 e. The van der Waals surface area contributed by atoms with Gasteiger partial charge in [-0.2, -0.15) is 4.31 Å². The molecule has 0 atom stereocenters. The highest BCUT2D eigenvalue weighted by molar-refractivity contribution is 7.89. The molecule has 10 heteroatoms. The highest BCUT2D eigenvalue weighted by atomic mass is 35.5. The first-order valence-electron chi connectivity index (χ1n) is 8.35. The third kappa shape index (κ3) is 4.27. The minimum atomic E-state index is -3.77. The number of carbonyl (C=O) groups excluding carboxylic acids is 1. The van der Waals surface area contributed by atoms with Crippen molar-refractivity contribution < 1.29 is 27.1 Å². The van der Waals surface area contributed by atoms with E-state index in [1.165, 1.54) is 41.7 Å². The molecule has 1 aliphatic rings. The molecule has 1 amide bonds. The molecular formula is C18H18ClFN2O5S. The molecule has 2 aromatic rings. The Morgan fingerprint density at radius 2 is 1.93 bits per heavy atom. The Kier molecular flexibility index (Phi) is 6.19. The topological polar surface area (TPSA) is 84.9 Å². The number of methoxy groups -OCH3 is 1. The first kappa shape index (κ1) is 20.5. The highest BCUT2D eigenvalue weighted by Gasteiger charge is 2.27. The van der Waals surface area contributed by atoms with Crippen molar-refractivity contribution in [2.75, 3.05) is 38.7 Å². The fourth-order valence-electron chi connectivity index (χ4n) is 2.74. The van der Waals surface area contributed by atoms with Crippen molar-refractivity contribution in [1.29, 1.82) is 0 Å². The number of ether oxygens (including phenoxy) is 2. The number of morpholine rings is 1. The number of sulfonamides is 1. The molecule has 1 fully saturated rings. The van der Waals surface area contributed by atoms with Gasteiger partial charge >= 0.3 is 0 Å². The van der Waals surface area contributed by atoms with E-state index in [0.29, 0.717) is 13.2 Å². The monoisotopic (exact) mass is 428 g/mol. The minimum absolute atomic E-state index is 0.0120. The zero-order valence-electron chi connectivity index (χ0n) is 14.9. The summed E-state index contributed by atoms with van der Waals surface area (Å²) in [6.07, 6.45) is 0. The summed E-state index contributed by atoms with van der Waals surface area (Å²) in [7, 11) is -2.39. The predicted molar refractivity (Wildman–Crippen MR) is 102 cm³/mol. The lowest BCUT2D eigenvalue weighted by Crippen LogP contribution is -2.40. The zero-order chi connectivity index (χ0) is 20.3. The number of anilines is 1. The fraction of sp³-hybridized carbons (Fsp3) is 0.278. The van der Waals surface area contributed by atoms with E-state index in [9.17, 15) is 17.6 Å². The third-order valence-corrected chi connectivity index (χ3v) is 6.33. The van der Waals surface area contributed by atoms with Crippen LogP contribution in [0.25, 0.3) is 0 Å². The summed E-state index contributed by atoms with van der Waals surface area (Å²) in [5.74, 6) is -1.31. The van der Waals surface area contributed by atoms with E-state index in [1.807, 2.05) is 0 Å². The van der Waals surface area contributed by atoms with Gasteiger partial charge in [0.05, 0.1) is 36.5 Å². The normalized spacial score (nSPS) is 15.2. The number of halogens is 2. The SMILES string of the molecule is COc1ccc(S(=O)(=O)N2CCOCC2)cc1NC(=O)c1ccc(Cl)cc1F. The van der Waals surface area contributed by atoms with Gasteiger partial charge in [0.25, 0.3) is 5.91 Å². The fourth-order valence-corrected chi connectivity index (χ4v) is 4.34. The van der Waals surface area contributed by atoms with Crippen LogP contribution >= 0.6 is 11.6 Å². The molecule has 3 rings (SSSR count). The van der Waals surface area contributed by atoms with Gasteiger partial charge in [-0.15, -0.1) is 0 Å². The number of nitrogens with zero attached hydrogens (tertiary/aromatic N) is 1. The van der Waals surface area contributed by atoms with Crippen LogP contribution in [0, 0.1) is 5.82 Å². The summed E-state index contributed by atoms with van der Waals surface area (Å²) in [6, 6.07) is 7.76. The first-order valence-corrected chi connectivity index (χ1v) is 10.2. The Hall–Kier alpha value is -2.20. The van der Waals surface area contributed by atoms with Crippen LogP contribution < -0.4 is 10.1 Å². The number of hydrogen-bond donors (Lipinski definition) is 1. The van der Waals surface area contributed by atoms with E-state index in [1.54, 1.807) is 0 Å². The molecule has 0 saturated carbocycles. The largest absolute Gasteiger partial charge is 0.495 e. The van der Waals surface area contributed by atoms with E-state index >= 15 is 0 Å². The van der Waals surface area contributed by atoms with Crippen molar-refractivity contribution in [1.82, 2.24) is 4.31 Å². The van der Waals surface area contributed by atoms with Gasteiger partial charge in [0.15, 0.2) is 0 Å². The maximum atomic E-state index is 14.0. The highest BCUT2D eigenvalue weighted by Crippen LogP contribution is 2.30. The summed E-state index contributed by atoms with van der Waals surface area (Å²) in [6.45, 7) is 1.11. The Morgan fingerprint density at radius 3 is 2.57 bits per heavy atom. The van der Waals surface area contributed by atoms with E-state index < -0.39 is 21.7 Å². The van der Waals surface area contributed by atoms with Gasteiger partial charge in [-0.3, -0.25) is 4.79 Å². The maximum absolute atomic E-state index is 14.0. The van der Waals surface area contributed by atoms with Crippen molar-refractivity contribution in [2.45, 2.75) is 4.90 Å². The quantitative estimate of drug-likeness (QED) is 0.791. The summed E-state index contributed by atoms with van der Waals surface area (Å²) < 4.78 is 51.3. The van der Waals surface area contributed by atoms with Crippen molar-refractivity contribution >= 4 is 33.2 Å². The molecule has 2 aromatic carbocycles. The van der Waals surface area contributed by atoms with Crippen molar-refractivity contribution in [2.24, 2.45) is 0 Å². The number of carbonyl (C=O) groups is 1. The molecular weight excluding hydrogens is 411 g/mol. The molecule has 1 heterocycles. The Bertz CT molecular complexity index is 993. The van der Waals surface area contributed by atoms with Gasteiger partial charge in [0.1, 0.15) is 11.6 Å². The van der Waals surface area contributed by atoms with Crippen molar-refractivity contribution in [3.8, 4) is 5.75 Å². The molecule has 0 bridgehead atoms. The van der Waals surface area contributed by atoms with Gasteiger partial charge in [-0.1, -0.05) is 11.6 Å². The molecule has 1 N–H and O–H groups in total. The number of amides is 1. The smallest absolute Gasteiger partial charge is 0.258 e. The predicted octanol–water partition coefficient (Wildman–Crippen LogP) is 2.76. The van der Waals surface area contributed by atoms with Gasteiger partial charge < -0.3 is 14.8 Å². The lowest BCUT2D eigenvalue weighted by atomic mass is 10.2. The molecule has 150 valence electrons. The Labute approximate surface area is 167 Å². The summed E-state index contributed by atoms with van der Waals surface area (Å²) >= 11 is 5.70. The Morgan fingerprint density at radius 1 is 1.21 bits per heavy atom. The summed E-state index contributed by atoms with van der Waals surface area (Å²) in [4.78, 5) is 12.4. The van der Waals surface area contributed by atoms with E-state index in [4.69, 9.17) is 21.1 Å². The first-order chi connectivity index (χ1) is 13.3. The van der Waals surface area contributed by atoms with Crippen LogP contribution in [-0.4, -0.2) is 52.0 Å². The van der Waals surface area contributed by atoms with Crippen LogP contribution in [0.2, 0.25) is 5.02 Å². The van der Waals surface area contributed by atoms with Crippen LogP contribution in [0.15, 0.2) is 41.3 Å². The zero-order valence-corrected chi connectivity index (χ0v) is 16.5. The second kappa shape index (κ2) is 8.44. The van der Waals surface area contributed by atoms with Crippen molar-refractivity contribution in [3.05, 3.63) is 52.8 Å². The van der Waals surface area contributed by atoms with Gasteiger partial charge in [0.2, 0.25) is 10.0 Å². The standard InChI is InChI=1S/C18H18ClFN2O5S/c1-26-17-5-3-13(28(24,25)22-6-8-27-9-7-22)11-16(17)21-18(23)14-4-2-12(19)10-15(14)20/h2-5,10-11H,6-9H2,1H3,(H,21,23). The van der Waals surface area contributed by atoms with E-state index in [0.717, 1.165) is 6.07 Å². The van der Waals surface area contributed by atoms with E-state index in [2.05, 4.69) is 5.32 Å². The number of hydrogen-bond acceptors (Lipinski definition) is 5. The molecule has 28 heavy (non-hydrogen) atoms. The average Bonchev–Trinajstić information content (AvgIpc) is 2.68. The van der Waals surface area contributed by atoms with Crippen LogP contribution in [-0.2, 0) is 14.8 Å². The molecule has 0 spiro atoms. The summed E-state index contributed by atoms with van der Waals surface area (Å²) in [5, 5.41) is 2.66. The van der Waals surface area contributed by atoms with Crippen LogP contribution in [0.4, 0.5) is 10.1 Å². The van der Waals surface area contributed by atoms with E-state index in [-0.39, 0.29) is 40.0 Å². The van der Waals surface area contributed by atoms with Crippen LogP contribution in [0.1, 0.15) is 10.4 Å². The van der Waals surface area contributed by atoms with Crippen LogP contribution in [0.3, 0.4) is 0 Å². The molecule has 0 aliphatic carbocycles. The third-order valence-electron chi connectivity index (χ3n) is 4.20. The lowest BCUT2D eigenvalue weighted by Gasteiger charge is -2.26. The average molecular weight is 429 g/mol. The number of rotatable bonds is 5. The molecule has 0 aromatic heterocycles. The van der Waals surface area contributed by atoms with Gasteiger partial charge in [-0.25, -0.2) is 12.8 Å². The molecule has 0 radical (unpaired) electrons.